The van der Waals surface area contributed by atoms with Crippen LogP contribution in [0.5, 0.6) is 5.75 Å². The summed E-state index contributed by atoms with van der Waals surface area (Å²) in [6, 6.07) is 7.70. The lowest BCUT2D eigenvalue weighted by Gasteiger charge is -2.21. The van der Waals surface area contributed by atoms with Gasteiger partial charge in [-0.1, -0.05) is 12.1 Å². The molecule has 0 aliphatic heterocycles. The van der Waals surface area contributed by atoms with Gasteiger partial charge in [-0.2, -0.15) is 0 Å². The second-order valence-electron chi connectivity index (χ2n) is 7.74. The fourth-order valence-corrected chi connectivity index (χ4v) is 2.47. The molecule has 9 heteroatoms. The maximum absolute atomic E-state index is 12.1. The molecule has 0 atom stereocenters. The molecule has 158 valence electrons. The van der Waals surface area contributed by atoms with Crippen molar-refractivity contribution in [2.75, 3.05) is 13.7 Å². The van der Waals surface area contributed by atoms with Gasteiger partial charge in [-0.05, 0) is 45.4 Å². The summed E-state index contributed by atoms with van der Waals surface area (Å²) >= 11 is 0. The first-order valence-corrected chi connectivity index (χ1v) is 9.49. The van der Waals surface area contributed by atoms with Crippen molar-refractivity contribution in [2.24, 2.45) is 12.0 Å². The summed E-state index contributed by atoms with van der Waals surface area (Å²) in [7, 11) is 3.54. The van der Waals surface area contributed by atoms with Gasteiger partial charge in [0.05, 0.1) is 26.7 Å². The Morgan fingerprint density at radius 1 is 1.17 bits per heavy atom. The molecule has 2 aromatic rings. The minimum atomic E-state index is -0.289. The summed E-state index contributed by atoms with van der Waals surface area (Å²) in [5, 5.41) is 17.4. The second kappa shape index (κ2) is 9.90. The number of methoxy groups -OCH3 is 1. The van der Waals surface area contributed by atoms with E-state index >= 15 is 0 Å². The number of amides is 1. The zero-order chi connectivity index (χ0) is 21.4. The number of ether oxygens (including phenoxy) is 1. The number of carbonyl (C=O) groups is 1. The zero-order valence-corrected chi connectivity index (χ0v) is 18.0. The molecule has 0 saturated carbocycles. The maximum Gasteiger partial charge on any atom is 0.239 e. The molecule has 2 rings (SSSR count). The Morgan fingerprint density at radius 2 is 1.86 bits per heavy atom. The number of aliphatic imine (C=N–C) groups is 1. The van der Waals surface area contributed by atoms with E-state index in [-0.39, 0.29) is 18.0 Å². The third-order valence-corrected chi connectivity index (χ3v) is 4.11. The summed E-state index contributed by atoms with van der Waals surface area (Å²) in [5.41, 5.74) is 0.739. The third kappa shape index (κ3) is 7.44. The lowest BCUT2D eigenvalue weighted by molar-refractivity contribution is -0.121. The van der Waals surface area contributed by atoms with E-state index in [1.54, 1.807) is 7.11 Å². The Morgan fingerprint density at radius 3 is 2.41 bits per heavy atom. The van der Waals surface area contributed by atoms with Crippen molar-refractivity contribution in [2.45, 2.75) is 46.3 Å². The molecule has 1 amide bonds. The van der Waals surface area contributed by atoms with Crippen LogP contribution in [0.3, 0.4) is 0 Å². The monoisotopic (exact) mass is 401 g/mol. The van der Waals surface area contributed by atoms with Crippen molar-refractivity contribution in [3.05, 3.63) is 41.5 Å². The molecule has 0 unspecified atom stereocenters. The van der Waals surface area contributed by atoms with Crippen LogP contribution in [0.2, 0.25) is 0 Å². The predicted molar refractivity (Wildman–Crippen MR) is 113 cm³/mol. The molecule has 0 spiro atoms. The van der Waals surface area contributed by atoms with Gasteiger partial charge in [0.2, 0.25) is 5.91 Å². The number of rotatable bonds is 7. The van der Waals surface area contributed by atoms with E-state index < -0.39 is 0 Å². The summed E-state index contributed by atoms with van der Waals surface area (Å²) < 4.78 is 7.08. The Labute approximate surface area is 172 Å². The molecule has 0 saturated heterocycles. The van der Waals surface area contributed by atoms with Crippen molar-refractivity contribution < 1.29 is 9.53 Å². The van der Waals surface area contributed by atoms with E-state index in [1.165, 1.54) is 0 Å². The molecule has 0 fully saturated rings. The van der Waals surface area contributed by atoms with Gasteiger partial charge in [0.1, 0.15) is 11.6 Å². The van der Waals surface area contributed by atoms with Crippen molar-refractivity contribution in [1.82, 2.24) is 30.7 Å². The van der Waals surface area contributed by atoms with Crippen LogP contribution in [-0.2, 0) is 24.9 Å². The number of hydrogen-bond donors (Lipinski definition) is 3. The average molecular weight is 402 g/mol. The summed E-state index contributed by atoms with van der Waals surface area (Å²) in [6.07, 6.45) is 0. The van der Waals surface area contributed by atoms with Gasteiger partial charge in [0, 0.05) is 12.6 Å². The van der Waals surface area contributed by atoms with E-state index in [4.69, 9.17) is 4.74 Å². The van der Waals surface area contributed by atoms with Gasteiger partial charge in [-0.25, -0.2) is 4.99 Å². The largest absolute Gasteiger partial charge is 0.497 e. The van der Waals surface area contributed by atoms with Crippen molar-refractivity contribution in [1.29, 1.82) is 0 Å². The summed E-state index contributed by atoms with van der Waals surface area (Å²) in [6.45, 7) is 8.73. The fourth-order valence-electron chi connectivity index (χ4n) is 2.47. The maximum atomic E-state index is 12.1. The predicted octanol–water partition coefficient (Wildman–Crippen LogP) is 1.28. The molecular formula is C20H31N7O2. The quantitative estimate of drug-likeness (QED) is 0.477. The fraction of sp³-hybridized carbons (Fsp3) is 0.500. The topological polar surface area (TPSA) is 105 Å². The van der Waals surface area contributed by atoms with Gasteiger partial charge >= 0.3 is 0 Å². The number of nitrogens with one attached hydrogen (secondary N) is 3. The lowest BCUT2D eigenvalue weighted by Crippen LogP contribution is -2.48. The molecule has 1 aromatic carbocycles. The molecule has 0 aliphatic carbocycles. The summed E-state index contributed by atoms with van der Waals surface area (Å²) in [5.74, 6) is 2.82. The van der Waals surface area contributed by atoms with Crippen LogP contribution in [0.1, 0.15) is 38.0 Å². The van der Waals surface area contributed by atoms with Crippen LogP contribution in [0.25, 0.3) is 0 Å². The van der Waals surface area contributed by atoms with Crippen LogP contribution in [0.4, 0.5) is 0 Å². The number of nitrogens with zero attached hydrogens (tertiary/aromatic N) is 4. The van der Waals surface area contributed by atoms with Crippen LogP contribution >= 0.6 is 0 Å². The van der Waals surface area contributed by atoms with Gasteiger partial charge in [0.15, 0.2) is 11.8 Å². The smallest absolute Gasteiger partial charge is 0.239 e. The highest BCUT2D eigenvalue weighted by atomic mass is 16.5. The van der Waals surface area contributed by atoms with E-state index in [2.05, 4.69) is 31.1 Å². The van der Waals surface area contributed by atoms with Gasteiger partial charge in [-0.3, -0.25) is 4.79 Å². The van der Waals surface area contributed by atoms with E-state index in [9.17, 15) is 4.79 Å². The number of aryl methyl sites for hydroxylation is 1. The molecule has 0 bridgehead atoms. The van der Waals surface area contributed by atoms with E-state index in [0.717, 1.165) is 23.0 Å². The normalized spacial score (nSPS) is 11.9. The zero-order valence-electron chi connectivity index (χ0n) is 18.0. The Hall–Kier alpha value is -3.10. The molecule has 1 heterocycles. The number of benzene rings is 1. The minimum Gasteiger partial charge on any atom is -0.497 e. The Kier molecular flexibility index (Phi) is 7.58. The van der Waals surface area contributed by atoms with Crippen LogP contribution in [0.15, 0.2) is 29.3 Å². The highest BCUT2D eigenvalue weighted by Gasteiger charge is 2.14. The first-order chi connectivity index (χ1) is 13.7. The van der Waals surface area contributed by atoms with Gasteiger partial charge < -0.3 is 25.3 Å². The molecule has 1 aromatic heterocycles. The SMILES string of the molecule is COc1ccc(CN=C(NCC(=O)NC(C)(C)C)NCc2nnc(C)n2C)cc1. The first kappa shape index (κ1) is 22.2. The third-order valence-electron chi connectivity index (χ3n) is 4.11. The minimum absolute atomic E-state index is 0.106. The number of hydrogen-bond acceptors (Lipinski definition) is 5. The van der Waals surface area contributed by atoms with Crippen molar-refractivity contribution in [3.8, 4) is 5.75 Å². The first-order valence-electron chi connectivity index (χ1n) is 9.49. The highest BCUT2D eigenvalue weighted by Crippen LogP contribution is 2.11. The molecule has 29 heavy (non-hydrogen) atoms. The highest BCUT2D eigenvalue weighted by molar-refractivity contribution is 5.86. The molecule has 9 nitrogen and oxygen atoms in total. The lowest BCUT2D eigenvalue weighted by atomic mass is 10.1. The van der Waals surface area contributed by atoms with Crippen LogP contribution in [0, 0.1) is 6.92 Å². The van der Waals surface area contributed by atoms with E-state index in [0.29, 0.717) is 19.0 Å². The van der Waals surface area contributed by atoms with Gasteiger partial charge in [0.25, 0.3) is 0 Å². The Balaban J connectivity index is 2.04. The number of aromatic nitrogens is 3. The molecular weight excluding hydrogens is 370 g/mol. The number of carbonyl (C=O) groups excluding carboxylic acids is 1. The van der Waals surface area contributed by atoms with Crippen molar-refractivity contribution >= 4 is 11.9 Å². The number of guanidine groups is 1. The van der Waals surface area contributed by atoms with Crippen LogP contribution in [-0.4, -0.2) is 45.8 Å². The Bertz CT molecular complexity index is 836. The molecule has 3 N–H and O–H groups in total. The second-order valence-corrected chi connectivity index (χ2v) is 7.74. The van der Waals surface area contributed by atoms with E-state index in [1.807, 2.05) is 63.6 Å². The molecule has 0 radical (unpaired) electrons. The van der Waals surface area contributed by atoms with Crippen LogP contribution < -0.4 is 20.7 Å². The summed E-state index contributed by atoms with van der Waals surface area (Å²) in [4.78, 5) is 16.7. The van der Waals surface area contributed by atoms with Crippen molar-refractivity contribution in [3.63, 3.8) is 0 Å². The molecule has 0 aliphatic rings. The average Bonchev–Trinajstić information content (AvgIpc) is 2.98. The van der Waals surface area contributed by atoms with Gasteiger partial charge in [-0.15, -0.1) is 10.2 Å². The standard InChI is InChI=1S/C20H31N7O2/c1-14-25-26-17(27(14)5)12-22-19(23-13-18(28)24-20(2,3)4)21-11-15-7-9-16(29-6)10-8-15/h7-10H,11-13H2,1-6H3,(H,24,28)(H2,21,22,23).